The van der Waals surface area contributed by atoms with Gasteiger partial charge in [-0.2, -0.15) is 10.2 Å². The number of halogens is 3. The lowest BCUT2D eigenvalue weighted by Gasteiger charge is -2.04. The Hall–Kier alpha value is -2.91. The second kappa shape index (κ2) is 8.41. The quantitative estimate of drug-likeness (QED) is 0.604. The first-order valence-electron chi connectivity index (χ1n) is 8.04. The van der Waals surface area contributed by atoms with E-state index in [1.54, 1.807) is 0 Å². The highest BCUT2D eigenvalue weighted by Crippen LogP contribution is 2.23. The third kappa shape index (κ3) is 4.87. The predicted octanol–water partition coefficient (Wildman–Crippen LogP) is 3.30. The van der Waals surface area contributed by atoms with Crippen LogP contribution >= 0.6 is 23.2 Å². The number of nitrogens with zero attached hydrogens (tertiary/aromatic N) is 4. The maximum absolute atomic E-state index is 13.1. The van der Waals surface area contributed by atoms with Gasteiger partial charge < -0.3 is 10.4 Å². The summed E-state index contributed by atoms with van der Waals surface area (Å²) in [4.78, 5) is 22.9. The molecule has 28 heavy (non-hydrogen) atoms. The maximum Gasteiger partial charge on any atom is 0.305 e. The number of aliphatic carboxylic acids is 1. The zero-order chi connectivity index (χ0) is 20.3. The Morgan fingerprint density at radius 3 is 2.68 bits per heavy atom. The maximum atomic E-state index is 13.1. The molecule has 0 radical (unpaired) electrons. The van der Waals surface area contributed by atoms with E-state index in [0.29, 0.717) is 5.56 Å². The summed E-state index contributed by atoms with van der Waals surface area (Å²) in [5.74, 6) is -1.75. The Bertz CT molecular complexity index is 1030. The highest BCUT2D eigenvalue weighted by molar-refractivity contribution is 6.33. The van der Waals surface area contributed by atoms with Crippen LogP contribution in [0, 0.1) is 5.82 Å². The SMILES string of the molecule is O=C(O)CCn1cc(C(=O)Nc2nn(Cc3ccc(F)cc3Cl)cc2Cl)cn1. The highest BCUT2D eigenvalue weighted by atomic mass is 35.5. The molecule has 8 nitrogen and oxygen atoms in total. The van der Waals surface area contributed by atoms with Crippen LogP contribution in [0.15, 0.2) is 36.8 Å². The van der Waals surface area contributed by atoms with Crippen molar-refractivity contribution in [3.05, 3.63) is 63.8 Å². The first-order chi connectivity index (χ1) is 13.3. The van der Waals surface area contributed by atoms with Crippen LogP contribution in [-0.4, -0.2) is 36.5 Å². The minimum Gasteiger partial charge on any atom is -0.481 e. The van der Waals surface area contributed by atoms with E-state index in [9.17, 15) is 14.0 Å². The van der Waals surface area contributed by atoms with Crippen LogP contribution < -0.4 is 5.32 Å². The van der Waals surface area contributed by atoms with E-state index in [2.05, 4.69) is 15.5 Å². The van der Waals surface area contributed by atoms with E-state index in [1.807, 2.05) is 0 Å². The number of hydrogen-bond donors (Lipinski definition) is 2. The van der Waals surface area contributed by atoms with Gasteiger partial charge in [-0.05, 0) is 17.7 Å². The third-order valence-corrected chi connectivity index (χ3v) is 4.38. The Morgan fingerprint density at radius 2 is 1.96 bits per heavy atom. The molecule has 3 rings (SSSR count). The number of hydrogen-bond acceptors (Lipinski definition) is 4. The molecule has 0 atom stereocenters. The first kappa shape index (κ1) is 19.8. The van der Waals surface area contributed by atoms with Gasteiger partial charge in [-0.1, -0.05) is 29.3 Å². The molecule has 0 fully saturated rings. The second-order valence-corrected chi connectivity index (χ2v) is 6.66. The number of amides is 1. The fraction of sp³-hybridized carbons (Fsp3) is 0.176. The molecule has 2 N–H and O–H groups in total. The van der Waals surface area contributed by atoms with Gasteiger partial charge in [0, 0.05) is 17.4 Å². The molecule has 0 saturated carbocycles. The molecule has 0 spiro atoms. The lowest BCUT2D eigenvalue weighted by atomic mass is 10.2. The minimum absolute atomic E-state index is 0.106. The number of carbonyl (C=O) groups excluding carboxylic acids is 1. The number of carboxylic acids is 1. The highest BCUT2D eigenvalue weighted by Gasteiger charge is 2.15. The molecule has 2 heterocycles. The van der Waals surface area contributed by atoms with E-state index in [1.165, 1.54) is 46.2 Å². The number of aryl methyl sites for hydroxylation is 1. The summed E-state index contributed by atoms with van der Waals surface area (Å²) in [6.45, 7) is 0.387. The fourth-order valence-corrected chi connectivity index (χ4v) is 2.80. The van der Waals surface area contributed by atoms with Gasteiger partial charge in [0.1, 0.15) is 10.8 Å². The molecule has 11 heteroatoms. The summed E-state index contributed by atoms with van der Waals surface area (Å²) in [7, 11) is 0. The summed E-state index contributed by atoms with van der Waals surface area (Å²) < 4.78 is 16.0. The molecule has 0 saturated heterocycles. The molecular weight excluding hydrogens is 412 g/mol. The minimum atomic E-state index is -0.958. The molecule has 146 valence electrons. The topological polar surface area (TPSA) is 102 Å². The van der Waals surface area contributed by atoms with Gasteiger partial charge in [0.05, 0.1) is 31.3 Å². The number of carboxylic acid groups (broad SMARTS) is 1. The van der Waals surface area contributed by atoms with Crippen LogP contribution in [0.25, 0.3) is 0 Å². The fourth-order valence-electron chi connectivity index (χ4n) is 2.38. The van der Waals surface area contributed by atoms with Gasteiger partial charge in [-0.25, -0.2) is 4.39 Å². The van der Waals surface area contributed by atoms with Crippen LogP contribution in [0.2, 0.25) is 10.0 Å². The normalized spacial score (nSPS) is 10.8. The summed E-state index contributed by atoms with van der Waals surface area (Å²) >= 11 is 12.1. The van der Waals surface area contributed by atoms with Crippen molar-refractivity contribution >= 4 is 40.9 Å². The summed E-state index contributed by atoms with van der Waals surface area (Å²) in [6, 6.07) is 4.03. The van der Waals surface area contributed by atoms with Gasteiger partial charge in [0.2, 0.25) is 0 Å². The molecule has 0 aliphatic carbocycles. The monoisotopic (exact) mass is 425 g/mol. The van der Waals surface area contributed by atoms with E-state index in [-0.39, 0.29) is 40.9 Å². The van der Waals surface area contributed by atoms with Crippen LogP contribution in [-0.2, 0) is 17.9 Å². The zero-order valence-corrected chi connectivity index (χ0v) is 15.8. The van der Waals surface area contributed by atoms with Crippen molar-refractivity contribution in [2.24, 2.45) is 0 Å². The Kier molecular flexibility index (Phi) is 5.96. The Labute approximate surface area is 168 Å². The average Bonchev–Trinajstić information content (AvgIpc) is 3.23. The van der Waals surface area contributed by atoms with Crippen LogP contribution in [0.5, 0.6) is 0 Å². The summed E-state index contributed by atoms with van der Waals surface area (Å²) in [6.07, 6.45) is 4.15. The zero-order valence-electron chi connectivity index (χ0n) is 14.3. The van der Waals surface area contributed by atoms with Gasteiger partial charge in [0.15, 0.2) is 5.82 Å². The summed E-state index contributed by atoms with van der Waals surface area (Å²) in [5.41, 5.74) is 0.873. The van der Waals surface area contributed by atoms with Gasteiger partial charge in [-0.15, -0.1) is 0 Å². The van der Waals surface area contributed by atoms with E-state index < -0.39 is 17.7 Å². The second-order valence-electron chi connectivity index (χ2n) is 5.85. The van der Waals surface area contributed by atoms with Crippen molar-refractivity contribution in [3.8, 4) is 0 Å². The number of nitrogens with one attached hydrogen (secondary N) is 1. The number of rotatable bonds is 7. The lowest BCUT2D eigenvalue weighted by Crippen LogP contribution is -2.12. The molecule has 3 aromatic rings. The van der Waals surface area contributed by atoms with Crippen molar-refractivity contribution in [1.82, 2.24) is 19.6 Å². The van der Waals surface area contributed by atoms with E-state index in [4.69, 9.17) is 28.3 Å². The van der Waals surface area contributed by atoms with Crippen molar-refractivity contribution < 1.29 is 19.1 Å². The largest absolute Gasteiger partial charge is 0.481 e. The van der Waals surface area contributed by atoms with Crippen molar-refractivity contribution in [3.63, 3.8) is 0 Å². The molecular formula is C17H14Cl2FN5O3. The number of aromatic nitrogens is 4. The van der Waals surface area contributed by atoms with Gasteiger partial charge in [0.25, 0.3) is 5.91 Å². The molecule has 1 aromatic carbocycles. The number of carbonyl (C=O) groups is 2. The Morgan fingerprint density at radius 1 is 1.18 bits per heavy atom. The molecule has 0 aliphatic rings. The van der Waals surface area contributed by atoms with Gasteiger partial charge >= 0.3 is 5.97 Å². The van der Waals surface area contributed by atoms with E-state index >= 15 is 0 Å². The first-order valence-corrected chi connectivity index (χ1v) is 8.80. The van der Waals surface area contributed by atoms with Crippen molar-refractivity contribution in [1.29, 1.82) is 0 Å². The smallest absolute Gasteiger partial charge is 0.305 e. The molecule has 0 unspecified atom stereocenters. The standard InChI is InChI=1S/C17H14Cl2FN5O3/c18-13-5-12(20)2-1-10(13)7-25-9-14(19)16(23-25)22-17(28)11-6-21-24(8-11)4-3-15(26)27/h1-2,5-6,8-9H,3-4,7H2,(H,26,27)(H,22,23,28). The van der Waals surface area contributed by atoms with Crippen LogP contribution in [0.1, 0.15) is 22.3 Å². The molecule has 1 amide bonds. The average molecular weight is 426 g/mol. The number of benzene rings is 1. The van der Waals surface area contributed by atoms with Crippen LogP contribution in [0.3, 0.4) is 0 Å². The van der Waals surface area contributed by atoms with Gasteiger partial charge in [-0.3, -0.25) is 19.0 Å². The summed E-state index contributed by atoms with van der Waals surface area (Å²) in [5, 5.41) is 19.9. The lowest BCUT2D eigenvalue weighted by molar-refractivity contribution is -0.137. The number of anilines is 1. The van der Waals surface area contributed by atoms with Crippen molar-refractivity contribution in [2.45, 2.75) is 19.5 Å². The molecule has 2 aromatic heterocycles. The Balaban J connectivity index is 1.68. The van der Waals surface area contributed by atoms with Crippen LogP contribution in [0.4, 0.5) is 10.2 Å². The van der Waals surface area contributed by atoms with E-state index in [0.717, 1.165) is 0 Å². The predicted molar refractivity (Wildman–Crippen MR) is 100 cm³/mol. The molecule has 0 bridgehead atoms. The molecule has 0 aliphatic heterocycles. The van der Waals surface area contributed by atoms with Crippen molar-refractivity contribution in [2.75, 3.05) is 5.32 Å². The third-order valence-electron chi connectivity index (χ3n) is 3.75.